The van der Waals surface area contributed by atoms with E-state index in [1.54, 1.807) is 18.2 Å². The fourth-order valence-corrected chi connectivity index (χ4v) is 2.79. The third kappa shape index (κ3) is 4.13. The van der Waals surface area contributed by atoms with E-state index in [1.807, 2.05) is 37.3 Å². The van der Waals surface area contributed by atoms with E-state index in [1.165, 1.54) is 6.08 Å². The lowest BCUT2D eigenvalue weighted by atomic mass is 9.97. The molecular weight excluding hydrogens is 384 g/mol. The number of allylic oxidation sites excluding steroid dienone is 7. The molecule has 0 spiro atoms. The molecule has 130 valence electrons. The van der Waals surface area contributed by atoms with Crippen LogP contribution < -0.4 is 0 Å². The van der Waals surface area contributed by atoms with Crippen LogP contribution in [0.15, 0.2) is 83.0 Å². The molecule has 4 N–H and O–H groups in total. The first-order valence-corrected chi connectivity index (χ1v) is 8.34. The van der Waals surface area contributed by atoms with Crippen molar-refractivity contribution in [2.75, 3.05) is 0 Å². The normalized spacial score (nSPS) is 19.2. The van der Waals surface area contributed by atoms with E-state index >= 15 is 0 Å². The van der Waals surface area contributed by atoms with Crippen LogP contribution in [0.5, 0.6) is 0 Å². The Balaban J connectivity index is 2.45. The van der Waals surface area contributed by atoms with E-state index in [9.17, 15) is 20.4 Å². The van der Waals surface area contributed by atoms with Gasteiger partial charge in [0.05, 0.1) is 10.1 Å². The maximum Gasteiger partial charge on any atom is 0.172 e. The highest BCUT2D eigenvalue weighted by molar-refractivity contribution is 9.11. The van der Waals surface area contributed by atoms with Gasteiger partial charge in [-0.15, -0.1) is 0 Å². The fourth-order valence-electron chi connectivity index (χ4n) is 2.36. The lowest BCUT2D eigenvalue weighted by Crippen LogP contribution is -2.09. The Kier molecular flexibility index (Phi) is 6.07. The van der Waals surface area contributed by atoms with Crippen LogP contribution in [0.3, 0.4) is 0 Å². The minimum atomic E-state index is -1.35. The molecule has 0 aliphatic heterocycles. The molecule has 0 fully saturated rings. The van der Waals surface area contributed by atoms with E-state index in [0.29, 0.717) is 5.56 Å². The number of rotatable bonds is 4. The predicted octanol–water partition coefficient (Wildman–Crippen LogP) is 5.08. The Labute approximate surface area is 154 Å². The van der Waals surface area contributed by atoms with E-state index in [0.717, 1.165) is 11.1 Å². The minimum absolute atomic E-state index is 0.0181. The van der Waals surface area contributed by atoms with Crippen molar-refractivity contribution in [3.8, 4) is 0 Å². The van der Waals surface area contributed by atoms with Gasteiger partial charge in [0.1, 0.15) is 11.9 Å². The van der Waals surface area contributed by atoms with Crippen LogP contribution in [0.4, 0.5) is 0 Å². The summed E-state index contributed by atoms with van der Waals surface area (Å²) in [6.45, 7) is 5.57. The zero-order chi connectivity index (χ0) is 18.6. The average molecular weight is 403 g/mol. The van der Waals surface area contributed by atoms with E-state index < -0.39 is 23.4 Å². The molecule has 1 aliphatic carbocycles. The molecule has 0 saturated heterocycles. The summed E-state index contributed by atoms with van der Waals surface area (Å²) in [5, 5.41) is 40.4. The maximum atomic E-state index is 10.3. The van der Waals surface area contributed by atoms with Crippen molar-refractivity contribution in [3.63, 3.8) is 0 Å². The number of benzene rings is 1. The van der Waals surface area contributed by atoms with Crippen LogP contribution in [0.2, 0.25) is 0 Å². The summed E-state index contributed by atoms with van der Waals surface area (Å²) < 4.78 is 0.100. The van der Waals surface area contributed by atoms with Crippen molar-refractivity contribution in [1.82, 2.24) is 0 Å². The van der Waals surface area contributed by atoms with Crippen molar-refractivity contribution >= 4 is 27.1 Å². The molecule has 2 rings (SSSR count). The van der Waals surface area contributed by atoms with E-state index in [2.05, 4.69) is 22.5 Å². The lowest BCUT2D eigenvalue weighted by molar-refractivity contribution is 0.194. The lowest BCUT2D eigenvalue weighted by Gasteiger charge is -2.12. The molecule has 25 heavy (non-hydrogen) atoms. The summed E-state index contributed by atoms with van der Waals surface area (Å²) in [5.41, 5.74) is 2.43. The van der Waals surface area contributed by atoms with Crippen LogP contribution in [-0.4, -0.2) is 26.5 Å². The highest BCUT2D eigenvalue weighted by atomic mass is 79.9. The van der Waals surface area contributed by atoms with Gasteiger partial charge in [-0.25, -0.2) is 0 Å². The van der Waals surface area contributed by atoms with Gasteiger partial charge in [0, 0.05) is 0 Å². The first-order valence-electron chi connectivity index (χ1n) is 7.55. The van der Waals surface area contributed by atoms with Gasteiger partial charge < -0.3 is 20.4 Å². The molecule has 1 aliphatic rings. The number of aliphatic hydroxyl groups is 4. The topological polar surface area (TPSA) is 80.9 Å². The van der Waals surface area contributed by atoms with Crippen LogP contribution >= 0.6 is 15.9 Å². The average Bonchev–Trinajstić information content (AvgIpc) is 2.67. The van der Waals surface area contributed by atoms with Crippen molar-refractivity contribution in [2.45, 2.75) is 13.0 Å². The monoisotopic (exact) mass is 402 g/mol. The molecule has 0 saturated carbocycles. The van der Waals surface area contributed by atoms with Crippen molar-refractivity contribution in [1.29, 1.82) is 0 Å². The zero-order valence-electron chi connectivity index (χ0n) is 13.6. The number of hydrogen-bond donors (Lipinski definition) is 4. The molecule has 5 heteroatoms. The van der Waals surface area contributed by atoms with Crippen LogP contribution in [0, 0.1) is 0 Å². The van der Waals surface area contributed by atoms with Gasteiger partial charge in [-0.3, -0.25) is 0 Å². The molecule has 0 amide bonds. The Morgan fingerprint density at radius 2 is 1.72 bits per heavy atom. The molecule has 0 bridgehead atoms. The molecule has 0 aromatic heterocycles. The molecule has 0 heterocycles. The molecule has 4 nitrogen and oxygen atoms in total. The van der Waals surface area contributed by atoms with Crippen molar-refractivity contribution in [2.24, 2.45) is 0 Å². The zero-order valence-corrected chi connectivity index (χ0v) is 15.2. The summed E-state index contributed by atoms with van der Waals surface area (Å²) >= 11 is 3.05. The number of aliphatic hydroxyl groups excluding tert-OH is 4. The van der Waals surface area contributed by atoms with Gasteiger partial charge in [0.2, 0.25) is 0 Å². The first kappa shape index (κ1) is 18.8. The third-order valence-corrected chi connectivity index (χ3v) is 4.39. The second-order valence-corrected chi connectivity index (χ2v) is 6.32. The minimum Gasteiger partial charge on any atom is -0.508 e. The fraction of sp³-hybridized carbons (Fsp3) is 0.100. The smallest absolute Gasteiger partial charge is 0.172 e. The summed E-state index contributed by atoms with van der Waals surface area (Å²) in [6, 6.07) is 7.05. The number of halogens is 1. The highest BCUT2D eigenvalue weighted by Crippen LogP contribution is 2.34. The van der Waals surface area contributed by atoms with Gasteiger partial charge >= 0.3 is 0 Å². The summed E-state index contributed by atoms with van der Waals surface area (Å²) in [7, 11) is 0. The molecule has 1 aromatic rings. The molecule has 1 aromatic carbocycles. The molecule has 0 radical (unpaired) electrons. The Hall–Kier alpha value is -2.50. The van der Waals surface area contributed by atoms with Crippen molar-refractivity contribution < 1.29 is 20.4 Å². The Morgan fingerprint density at radius 1 is 1.08 bits per heavy atom. The summed E-state index contributed by atoms with van der Waals surface area (Å²) in [6.07, 6.45) is 7.18. The van der Waals surface area contributed by atoms with Gasteiger partial charge in [0.25, 0.3) is 0 Å². The predicted molar refractivity (Wildman–Crippen MR) is 104 cm³/mol. The molecule has 1 unspecified atom stereocenters. The molecular formula is C20H19BrO4. The molecule has 1 atom stereocenters. The van der Waals surface area contributed by atoms with Crippen LogP contribution in [0.1, 0.15) is 18.1 Å². The van der Waals surface area contributed by atoms with Gasteiger partial charge in [-0.1, -0.05) is 55.1 Å². The second-order valence-electron chi connectivity index (χ2n) is 5.46. The Morgan fingerprint density at radius 3 is 2.32 bits per heavy atom. The Bertz CT molecular complexity index is 824. The summed E-state index contributed by atoms with van der Waals surface area (Å²) in [5.74, 6) is -1.40. The number of hydrogen-bond acceptors (Lipinski definition) is 4. The highest BCUT2D eigenvalue weighted by Gasteiger charge is 2.26. The van der Waals surface area contributed by atoms with Crippen LogP contribution in [-0.2, 0) is 0 Å². The van der Waals surface area contributed by atoms with Gasteiger partial charge in [0.15, 0.2) is 11.5 Å². The van der Waals surface area contributed by atoms with E-state index in [-0.39, 0.29) is 10.1 Å². The van der Waals surface area contributed by atoms with Crippen LogP contribution in [0.25, 0.3) is 11.1 Å². The quantitative estimate of drug-likeness (QED) is 0.529. The third-order valence-electron chi connectivity index (χ3n) is 3.75. The standard InChI is InChI=1S/C20H19BrO4/c1-3-4-5-6-12(2)13-7-9-14(10-8-13)17-19(24)16(22)11-15(21)18(23)20(17)25/h3-11,16,22-25H,1H2,2H3/b5-4-,12-6+. The first-order chi connectivity index (χ1) is 11.9. The van der Waals surface area contributed by atoms with Gasteiger partial charge in [-0.05, 0) is 45.6 Å². The van der Waals surface area contributed by atoms with Gasteiger partial charge in [-0.2, -0.15) is 0 Å². The summed E-state index contributed by atoms with van der Waals surface area (Å²) in [4.78, 5) is 0. The SMILES string of the molecule is C=C/C=C\C=C(/C)c1ccc(C2=C(O)C(O)C=C(Br)C(O)=C2O)cc1. The second kappa shape index (κ2) is 8.05. The van der Waals surface area contributed by atoms with Crippen molar-refractivity contribution in [3.05, 3.63) is 94.1 Å². The largest absolute Gasteiger partial charge is 0.508 e. The van der Waals surface area contributed by atoms with E-state index in [4.69, 9.17) is 0 Å². The maximum absolute atomic E-state index is 10.3.